The van der Waals surface area contributed by atoms with Crippen LogP contribution in [0.15, 0.2) is 16.6 Å². The van der Waals surface area contributed by atoms with Gasteiger partial charge in [0.05, 0.1) is 4.47 Å². The summed E-state index contributed by atoms with van der Waals surface area (Å²) in [5.74, 6) is -0.879. The lowest BCUT2D eigenvalue weighted by Gasteiger charge is -2.25. The molecule has 0 spiro atoms. The van der Waals surface area contributed by atoms with Gasteiger partial charge in [0, 0.05) is 11.1 Å². The summed E-state index contributed by atoms with van der Waals surface area (Å²) in [4.78, 5) is 0. The van der Waals surface area contributed by atoms with E-state index in [9.17, 15) is 8.78 Å². The minimum absolute atomic E-state index is 0.147. The van der Waals surface area contributed by atoms with Gasteiger partial charge in [0.15, 0.2) is 0 Å². The number of hydrogen-bond acceptors (Lipinski definition) is 1. The van der Waals surface area contributed by atoms with Crippen molar-refractivity contribution in [3.8, 4) is 0 Å². The normalized spacial score (nSPS) is 19.5. The van der Waals surface area contributed by atoms with Crippen molar-refractivity contribution in [2.45, 2.75) is 31.2 Å². The van der Waals surface area contributed by atoms with Gasteiger partial charge in [0.25, 0.3) is 0 Å². The smallest absolute Gasteiger partial charge is 0.142 e. The average molecular weight is 276 g/mol. The molecule has 0 aliphatic heterocycles. The van der Waals surface area contributed by atoms with Crippen molar-refractivity contribution in [1.82, 2.24) is 0 Å². The molecule has 0 radical (unpaired) electrons. The summed E-state index contributed by atoms with van der Waals surface area (Å²) in [7, 11) is 0. The van der Waals surface area contributed by atoms with Crippen LogP contribution in [-0.2, 0) is 5.54 Å². The van der Waals surface area contributed by atoms with Gasteiger partial charge in [-0.05, 0) is 40.9 Å². The Bertz CT molecular complexity index is 386. The zero-order valence-electron chi connectivity index (χ0n) is 8.19. The van der Waals surface area contributed by atoms with E-state index in [2.05, 4.69) is 15.9 Å². The molecule has 15 heavy (non-hydrogen) atoms. The standard InChI is InChI=1S/C11H12BrF2N/c12-9-6-7(13)5-8(10(9)14)11(15)3-1-2-4-11/h5-6H,1-4,15H2. The highest BCUT2D eigenvalue weighted by molar-refractivity contribution is 9.10. The highest BCUT2D eigenvalue weighted by Gasteiger charge is 2.34. The van der Waals surface area contributed by atoms with Gasteiger partial charge in [-0.15, -0.1) is 0 Å². The Kier molecular flexibility index (Phi) is 2.81. The molecule has 82 valence electrons. The monoisotopic (exact) mass is 275 g/mol. The SMILES string of the molecule is NC1(c2cc(F)cc(Br)c2F)CCCC1. The summed E-state index contributed by atoms with van der Waals surface area (Å²) < 4.78 is 27.1. The van der Waals surface area contributed by atoms with E-state index in [1.807, 2.05) is 0 Å². The third kappa shape index (κ3) is 1.93. The second kappa shape index (κ2) is 3.83. The number of halogens is 3. The molecule has 0 heterocycles. The molecule has 2 rings (SSSR count). The summed E-state index contributed by atoms with van der Waals surface area (Å²) in [6, 6.07) is 2.34. The van der Waals surface area contributed by atoms with E-state index in [0.717, 1.165) is 31.7 Å². The van der Waals surface area contributed by atoms with Gasteiger partial charge in [0.1, 0.15) is 11.6 Å². The van der Waals surface area contributed by atoms with Crippen LogP contribution in [0.4, 0.5) is 8.78 Å². The van der Waals surface area contributed by atoms with E-state index in [4.69, 9.17) is 5.73 Å². The second-order valence-electron chi connectivity index (χ2n) is 4.11. The highest BCUT2D eigenvalue weighted by atomic mass is 79.9. The third-order valence-corrected chi connectivity index (χ3v) is 3.60. The fourth-order valence-corrected chi connectivity index (χ4v) is 2.63. The van der Waals surface area contributed by atoms with Crippen LogP contribution in [0.3, 0.4) is 0 Å². The molecule has 0 amide bonds. The molecule has 0 saturated heterocycles. The summed E-state index contributed by atoms with van der Waals surface area (Å²) in [5, 5.41) is 0. The molecular weight excluding hydrogens is 264 g/mol. The van der Waals surface area contributed by atoms with Crippen molar-refractivity contribution in [3.63, 3.8) is 0 Å². The Morgan fingerprint density at radius 3 is 2.40 bits per heavy atom. The maximum absolute atomic E-state index is 13.8. The van der Waals surface area contributed by atoms with Crippen molar-refractivity contribution < 1.29 is 8.78 Å². The molecule has 0 unspecified atom stereocenters. The Morgan fingerprint density at radius 1 is 1.20 bits per heavy atom. The molecule has 1 nitrogen and oxygen atoms in total. The Balaban J connectivity index is 2.51. The maximum atomic E-state index is 13.8. The lowest BCUT2D eigenvalue weighted by atomic mass is 9.89. The number of nitrogens with two attached hydrogens (primary N) is 1. The minimum Gasteiger partial charge on any atom is -0.321 e. The van der Waals surface area contributed by atoms with Gasteiger partial charge in [-0.25, -0.2) is 8.78 Å². The van der Waals surface area contributed by atoms with Crippen molar-refractivity contribution in [1.29, 1.82) is 0 Å². The van der Waals surface area contributed by atoms with Gasteiger partial charge in [-0.3, -0.25) is 0 Å². The van der Waals surface area contributed by atoms with Gasteiger partial charge in [0.2, 0.25) is 0 Å². The molecule has 1 fully saturated rings. The van der Waals surface area contributed by atoms with Crippen molar-refractivity contribution >= 4 is 15.9 Å². The Labute approximate surface area is 95.8 Å². The predicted molar refractivity (Wildman–Crippen MR) is 58.4 cm³/mol. The zero-order valence-corrected chi connectivity index (χ0v) is 9.78. The topological polar surface area (TPSA) is 26.0 Å². The van der Waals surface area contributed by atoms with E-state index in [-0.39, 0.29) is 4.47 Å². The average Bonchev–Trinajstić information content (AvgIpc) is 2.59. The van der Waals surface area contributed by atoms with E-state index < -0.39 is 17.2 Å². The van der Waals surface area contributed by atoms with Gasteiger partial charge in [-0.2, -0.15) is 0 Å². The quantitative estimate of drug-likeness (QED) is 0.781. The largest absolute Gasteiger partial charge is 0.321 e. The molecule has 0 bridgehead atoms. The van der Waals surface area contributed by atoms with E-state index in [1.54, 1.807) is 0 Å². The minimum atomic E-state index is -0.686. The molecule has 1 aromatic carbocycles. The highest BCUT2D eigenvalue weighted by Crippen LogP contribution is 2.39. The Morgan fingerprint density at radius 2 is 1.80 bits per heavy atom. The number of rotatable bonds is 1. The van der Waals surface area contributed by atoms with Crippen molar-refractivity contribution in [3.05, 3.63) is 33.8 Å². The third-order valence-electron chi connectivity index (χ3n) is 3.03. The van der Waals surface area contributed by atoms with Crippen LogP contribution < -0.4 is 5.73 Å². The van der Waals surface area contributed by atoms with Crippen LogP contribution in [0, 0.1) is 11.6 Å². The van der Waals surface area contributed by atoms with Crippen molar-refractivity contribution in [2.24, 2.45) is 5.73 Å². The van der Waals surface area contributed by atoms with Crippen LogP contribution in [0.1, 0.15) is 31.2 Å². The predicted octanol–water partition coefficient (Wildman–Crippen LogP) is 3.46. The fourth-order valence-electron chi connectivity index (χ4n) is 2.19. The molecule has 0 aromatic heterocycles. The molecule has 1 aliphatic carbocycles. The maximum Gasteiger partial charge on any atom is 0.142 e. The van der Waals surface area contributed by atoms with E-state index in [0.29, 0.717) is 5.56 Å². The first kappa shape index (κ1) is 11.0. The van der Waals surface area contributed by atoms with Crippen LogP contribution in [0.2, 0.25) is 0 Å². The molecule has 2 N–H and O–H groups in total. The van der Waals surface area contributed by atoms with Gasteiger partial charge < -0.3 is 5.73 Å². The Hall–Kier alpha value is -0.480. The zero-order chi connectivity index (χ0) is 11.1. The summed E-state index contributed by atoms with van der Waals surface area (Å²) in [6.07, 6.45) is 3.40. The van der Waals surface area contributed by atoms with Gasteiger partial charge >= 0.3 is 0 Å². The van der Waals surface area contributed by atoms with E-state index in [1.165, 1.54) is 6.07 Å². The fraction of sp³-hybridized carbons (Fsp3) is 0.455. The summed E-state index contributed by atoms with van der Waals surface area (Å²) in [6.45, 7) is 0. The number of benzene rings is 1. The molecule has 1 aromatic rings. The molecule has 0 atom stereocenters. The lowest BCUT2D eigenvalue weighted by Crippen LogP contribution is -2.34. The van der Waals surface area contributed by atoms with Crippen LogP contribution in [-0.4, -0.2) is 0 Å². The van der Waals surface area contributed by atoms with Gasteiger partial charge in [-0.1, -0.05) is 12.8 Å². The lowest BCUT2D eigenvalue weighted by molar-refractivity contribution is 0.427. The van der Waals surface area contributed by atoms with Crippen LogP contribution in [0.25, 0.3) is 0 Å². The molecule has 1 aliphatic rings. The van der Waals surface area contributed by atoms with Crippen LogP contribution >= 0.6 is 15.9 Å². The molecule has 4 heteroatoms. The molecule has 1 saturated carbocycles. The second-order valence-corrected chi connectivity index (χ2v) is 4.97. The number of hydrogen-bond donors (Lipinski definition) is 1. The first-order chi connectivity index (χ1) is 7.03. The van der Waals surface area contributed by atoms with Crippen molar-refractivity contribution in [2.75, 3.05) is 0 Å². The summed E-state index contributed by atoms with van der Waals surface area (Å²) >= 11 is 3.00. The van der Waals surface area contributed by atoms with E-state index >= 15 is 0 Å². The first-order valence-electron chi connectivity index (χ1n) is 4.97. The molecular formula is C11H12BrF2N. The van der Waals surface area contributed by atoms with Crippen LogP contribution in [0.5, 0.6) is 0 Å². The summed E-state index contributed by atoms with van der Waals surface area (Å²) in [5.41, 5.74) is 5.70. The first-order valence-corrected chi connectivity index (χ1v) is 5.76.